The molecule has 21 heavy (non-hydrogen) atoms. The molecule has 118 valence electrons. The van der Waals surface area contributed by atoms with Crippen LogP contribution in [0.3, 0.4) is 0 Å². The third-order valence-electron chi connectivity index (χ3n) is 3.79. The predicted octanol–water partition coefficient (Wildman–Crippen LogP) is 3.31. The van der Waals surface area contributed by atoms with E-state index >= 15 is 0 Å². The van der Waals surface area contributed by atoms with E-state index in [2.05, 4.69) is 27.8 Å². The van der Waals surface area contributed by atoms with Gasteiger partial charge in [0.25, 0.3) is 0 Å². The summed E-state index contributed by atoms with van der Waals surface area (Å²) in [7, 11) is 3.51. The topological polar surface area (TPSA) is 45.7 Å². The molecule has 0 bridgehead atoms. The summed E-state index contributed by atoms with van der Waals surface area (Å²) in [6.07, 6.45) is 6.53. The maximum Gasteiger partial charge on any atom is 0.191 e. The van der Waals surface area contributed by atoms with Crippen LogP contribution in [-0.4, -0.2) is 26.2 Å². The van der Waals surface area contributed by atoms with Crippen molar-refractivity contribution in [1.82, 2.24) is 10.6 Å². The van der Waals surface area contributed by atoms with Crippen LogP contribution in [0.25, 0.3) is 0 Å². The number of methoxy groups -OCH3 is 1. The molecule has 1 aliphatic rings. The van der Waals surface area contributed by atoms with Crippen LogP contribution < -0.4 is 15.4 Å². The number of guanidine groups is 1. The molecule has 1 aliphatic carbocycles. The van der Waals surface area contributed by atoms with Crippen molar-refractivity contribution in [1.29, 1.82) is 0 Å². The smallest absolute Gasteiger partial charge is 0.191 e. The number of halogens is 1. The molecule has 5 heteroatoms. The fourth-order valence-corrected chi connectivity index (χ4v) is 2.56. The van der Waals surface area contributed by atoms with Gasteiger partial charge in [-0.1, -0.05) is 31.4 Å². The van der Waals surface area contributed by atoms with E-state index < -0.39 is 0 Å². The molecule has 1 saturated carbocycles. The first kappa shape index (κ1) is 18.1. The average molecular weight is 403 g/mol. The second kappa shape index (κ2) is 9.87. The molecule has 0 spiro atoms. The van der Waals surface area contributed by atoms with Crippen molar-refractivity contribution in [3.05, 3.63) is 29.8 Å². The lowest BCUT2D eigenvalue weighted by molar-refractivity contribution is 0.410. The van der Waals surface area contributed by atoms with Gasteiger partial charge >= 0.3 is 0 Å². The normalized spacial score (nSPS) is 16.0. The molecule has 0 amide bonds. The Morgan fingerprint density at radius 2 is 1.86 bits per heavy atom. The molecule has 1 aromatic carbocycles. The quantitative estimate of drug-likeness (QED) is 0.461. The van der Waals surface area contributed by atoms with Crippen molar-refractivity contribution in [3.8, 4) is 5.75 Å². The van der Waals surface area contributed by atoms with E-state index in [4.69, 9.17) is 4.74 Å². The van der Waals surface area contributed by atoms with E-state index in [1.165, 1.54) is 37.7 Å². The van der Waals surface area contributed by atoms with Crippen LogP contribution in [0.2, 0.25) is 0 Å². The van der Waals surface area contributed by atoms with E-state index in [0.29, 0.717) is 6.04 Å². The maximum atomic E-state index is 5.16. The fraction of sp³-hybridized carbons (Fsp3) is 0.562. The van der Waals surface area contributed by atoms with Crippen LogP contribution in [0.5, 0.6) is 5.75 Å². The second-order valence-corrected chi connectivity index (χ2v) is 5.25. The summed E-state index contributed by atoms with van der Waals surface area (Å²) in [6.45, 7) is 0.774. The molecule has 2 N–H and O–H groups in total. The molecule has 4 nitrogen and oxygen atoms in total. The minimum atomic E-state index is 0. The summed E-state index contributed by atoms with van der Waals surface area (Å²) in [5.41, 5.74) is 1.22. The average Bonchev–Trinajstić information content (AvgIpc) is 2.53. The van der Waals surface area contributed by atoms with E-state index in [1.807, 2.05) is 19.2 Å². The number of rotatable bonds is 4. The third-order valence-corrected chi connectivity index (χ3v) is 3.79. The Balaban J connectivity index is 0.00000220. The minimum absolute atomic E-state index is 0. The predicted molar refractivity (Wildman–Crippen MR) is 98.6 cm³/mol. The molecule has 0 aromatic heterocycles. The van der Waals surface area contributed by atoms with Crippen molar-refractivity contribution in [2.45, 2.75) is 44.7 Å². The highest BCUT2D eigenvalue weighted by Gasteiger charge is 2.14. The maximum absolute atomic E-state index is 5.16. The van der Waals surface area contributed by atoms with E-state index in [-0.39, 0.29) is 24.0 Å². The van der Waals surface area contributed by atoms with Gasteiger partial charge in [-0.3, -0.25) is 4.99 Å². The summed E-state index contributed by atoms with van der Waals surface area (Å²) in [4.78, 5) is 4.30. The molecule has 0 atom stereocenters. The van der Waals surface area contributed by atoms with E-state index in [0.717, 1.165) is 18.3 Å². The van der Waals surface area contributed by atoms with Crippen LogP contribution in [-0.2, 0) is 6.54 Å². The minimum Gasteiger partial charge on any atom is -0.497 e. The summed E-state index contributed by atoms with van der Waals surface area (Å²) in [5.74, 6) is 1.78. The van der Waals surface area contributed by atoms with Gasteiger partial charge in [0.15, 0.2) is 5.96 Å². The van der Waals surface area contributed by atoms with E-state index in [1.54, 1.807) is 7.11 Å². The molecule has 0 radical (unpaired) electrons. The molecule has 0 saturated heterocycles. The third kappa shape index (κ3) is 6.11. The standard InChI is InChI=1S/C16H25N3O.HI/c1-17-16(19-14-6-4-3-5-7-14)18-12-13-8-10-15(20-2)11-9-13;/h8-11,14H,3-7,12H2,1-2H3,(H2,17,18,19);1H. The number of ether oxygens (including phenoxy) is 1. The summed E-state index contributed by atoms with van der Waals surface area (Å²) >= 11 is 0. The summed E-state index contributed by atoms with van der Waals surface area (Å²) < 4.78 is 5.16. The zero-order chi connectivity index (χ0) is 14.2. The van der Waals surface area contributed by atoms with Gasteiger partial charge in [-0.2, -0.15) is 0 Å². The number of hydrogen-bond acceptors (Lipinski definition) is 2. The van der Waals surface area contributed by atoms with Crippen molar-refractivity contribution in [2.24, 2.45) is 4.99 Å². The molecule has 1 aromatic rings. The lowest BCUT2D eigenvalue weighted by atomic mass is 9.96. The Morgan fingerprint density at radius 1 is 1.19 bits per heavy atom. The Kier molecular flexibility index (Phi) is 8.49. The van der Waals surface area contributed by atoms with Crippen LogP contribution in [0.4, 0.5) is 0 Å². The molecular weight excluding hydrogens is 377 g/mol. The van der Waals surface area contributed by atoms with Gasteiger partial charge in [-0.25, -0.2) is 0 Å². The van der Waals surface area contributed by atoms with Crippen LogP contribution >= 0.6 is 24.0 Å². The van der Waals surface area contributed by atoms with Crippen molar-refractivity contribution < 1.29 is 4.74 Å². The second-order valence-electron chi connectivity index (χ2n) is 5.25. The zero-order valence-electron chi connectivity index (χ0n) is 12.9. The Hall–Kier alpha value is -0.980. The van der Waals surface area contributed by atoms with Gasteiger partial charge in [0.1, 0.15) is 5.75 Å². The zero-order valence-corrected chi connectivity index (χ0v) is 15.2. The SMILES string of the molecule is CN=C(NCc1ccc(OC)cc1)NC1CCCCC1.I. The van der Waals surface area contributed by atoms with Gasteiger partial charge in [0.2, 0.25) is 0 Å². The first-order valence-corrected chi connectivity index (χ1v) is 7.42. The Labute approximate surface area is 144 Å². The van der Waals surface area contributed by atoms with E-state index in [9.17, 15) is 0 Å². The molecule has 2 rings (SSSR count). The number of nitrogens with zero attached hydrogens (tertiary/aromatic N) is 1. The van der Waals surface area contributed by atoms with Crippen molar-refractivity contribution in [2.75, 3.05) is 14.2 Å². The lowest BCUT2D eigenvalue weighted by Gasteiger charge is -2.24. The lowest BCUT2D eigenvalue weighted by Crippen LogP contribution is -2.43. The molecule has 0 heterocycles. The monoisotopic (exact) mass is 403 g/mol. The number of hydrogen-bond donors (Lipinski definition) is 2. The molecule has 0 aliphatic heterocycles. The van der Waals surface area contributed by atoms with Gasteiger partial charge in [-0.15, -0.1) is 24.0 Å². The Morgan fingerprint density at radius 3 is 2.43 bits per heavy atom. The molecule has 0 unspecified atom stereocenters. The summed E-state index contributed by atoms with van der Waals surface area (Å²) in [5, 5.41) is 6.88. The highest BCUT2D eigenvalue weighted by Crippen LogP contribution is 2.17. The van der Waals surface area contributed by atoms with Gasteiger partial charge < -0.3 is 15.4 Å². The molecule has 1 fully saturated rings. The van der Waals surface area contributed by atoms with Crippen LogP contribution in [0, 0.1) is 0 Å². The van der Waals surface area contributed by atoms with Crippen LogP contribution in [0.15, 0.2) is 29.3 Å². The fourth-order valence-electron chi connectivity index (χ4n) is 2.56. The number of benzene rings is 1. The largest absolute Gasteiger partial charge is 0.497 e. The van der Waals surface area contributed by atoms with Crippen LogP contribution in [0.1, 0.15) is 37.7 Å². The molecular formula is C16H26IN3O. The first-order valence-electron chi connectivity index (χ1n) is 7.42. The van der Waals surface area contributed by atoms with Crippen molar-refractivity contribution >= 4 is 29.9 Å². The van der Waals surface area contributed by atoms with Gasteiger partial charge in [0, 0.05) is 19.6 Å². The summed E-state index contributed by atoms with van der Waals surface area (Å²) in [6, 6.07) is 8.67. The Bertz CT molecular complexity index is 428. The number of aliphatic imine (C=N–C) groups is 1. The van der Waals surface area contributed by atoms with Gasteiger partial charge in [0.05, 0.1) is 7.11 Å². The van der Waals surface area contributed by atoms with Gasteiger partial charge in [-0.05, 0) is 30.5 Å². The first-order chi connectivity index (χ1) is 9.81. The highest BCUT2D eigenvalue weighted by atomic mass is 127. The highest BCUT2D eigenvalue weighted by molar-refractivity contribution is 14.0. The number of nitrogens with one attached hydrogen (secondary N) is 2. The van der Waals surface area contributed by atoms with Crippen molar-refractivity contribution in [3.63, 3.8) is 0 Å².